The van der Waals surface area contributed by atoms with Crippen LogP contribution in [0.3, 0.4) is 0 Å². The van der Waals surface area contributed by atoms with Crippen LogP contribution in [0.2, 0.25) is 0 Å². The predicted octanol–water partition coefficient (Wildman–Crippen LogP) is 1.86. The normalized spacial score (nSPS) is 11.4. The molecule has 0 saturated heterocycles. The lowest BCUT2D eigenvalue weighted by atomic mass is 9.97. The quantitative estimate of drug-likeness (QED) is 0.645. The molecule has 0 aromatic heterocycles. The van der Waals surface area contributed by atoms with Gasteiger partial charge in [-0.15, -0.1) is 0 Å². The molecule has 0 saturated carbocycles. The van der Waals surface area contributed by atoms with Crippen LogP contribution in [0.1, 0.15) is 28.3 Å². The second-order valence-electron chi connectivity index (χ2n) is 4.96. The van der Waals surface area contributed by atoms with E-state index in [1.165, 1.54) is 6.34 Å². The van der Waals surface area contributed by atoms with Crippen LogP contribution >= 0.6 is 0 Å². The highest BCUT2D eigenvalue weighted by Crippen LogP contribution is 2.26. The van der Waals surface area contributed by atoms with Crippen LogP contribution in [0.5, 0.6) is 0 Å². The van der Waals surface area contributed by atoms with Gasteiger partial charge in [-0.05, 0) is 35.4 Å². The monoisotopic (exact) mass is 316 g/mol. The molecule has 0 spiro atoms. The molecule has 0 fully saturated rings. The van der Waals surface area contributed by atoms with Crippen molar-refractivity contribution in [2.45, 2.75) is 6.04 Å². The first-order valence-electron chi connectivity index (χ1n) is 7.22. The van der Waals surface area contributed by atoms with Gasteiger partial charge < -0.3 is 11.5 Å². The van der Waals surface area contributed by atoms with Crippen molar-refractivity contribution in [1.29, 1.82) is 10.5 Å². The van der Waals surface area contributed by atoms with Gasteiger partial charge in [-0.25, -0.2) is 4.99 Å². The van der Waals surface area contributed by atoms with Crippen LogP contribution in [0, 0.1) is 22.7 Å². The summed E-state index contributed by atoms with van der Waals surface area (Å²) < 4.78 is 0. The molecule has 0 bridgehead atoms. The summed E-state index contributed by atoms with van der Waals surface area (Å²) in [5.41, 5.74) is 13.9. The van der Waals surface area contributed by atoms with Gasteiger partial charge in [0, 0.05) is 0 Å². The van der Waals surface area contributed by atoms with Gasteiger partial charge >= 0.3 is 0 Å². The lowest BCUT2D eigenvalue weighted by molar-refractivity contribution is 0.875. The Labute approximate surface area is 140 Å². The van der Waals surface area contributed by atoms with E-state index in [1.54, 1.807) is 24.3 Å². The Balaban J connectivity index is 2.39. The Morgan fingerprint density at radius 3 is 1.79 bits per heavy atom. The SMILES string of the molecule is N#Cc1ccc(C(N=CN=C(N)CN)c2ccc(C#N)cc2)cc1. The molecule has 0 atom stereocenters. The van der Waals surface area contributed by atoms with Crippen molar-refractivity contribution in [3.63, 3.8) is 0 Å². The summed E-state index contributed by atoms with van der Waals surface area (Å²) in [4.78, 5) is 8.42. The molecule has 6 nitrogen and oxygen atoms in total. The second kappa shape index (κ2) is 8.23. The zero-order valence-corrected chi connectivity index (χ0v) is 12.9. The minimum Gasteiger partial charge on any atom is -0.386 e. The van der Waals surface area contributed by atoms with Crippen LogP contribution in [0.25, 0.3) is 0 Å². The molecule has 0 aliphatic heterocycles. The van der Waals surface area contributed by atoms with Gasteiger partial charge in [-0.2, -0.15) is 10.5 Å². The number of nitrogens with two attached hydrogens (primary N) is 2. The van der Waals surface area contributed by atoms with E-state index in [0.717, 1.165) is 11.1 Å². The minimum absolute atomic E-state index is 0.157. The highest BCUT2D eigenvalue weighted by Gasteiger charge is 2.12. The van der Waals surface area contributed by atoms with Gasteiger partial charge in [0.1, 0.15) is 18.2 Å². The molecule has 0 aliphatic carbocycles. The van der Waals surface area contributed by atoms with Gasteiger partial charge in [0.05, 0.1) is 29.8 Å². The van der Waals surface area contributed by atoms with E-state index in [4.69, 9.17) is 22.0 Å². The van der Waals surface area contributed by atoms with Gasteiger partial charge in [-0.1, -0.05) is 24.3 Å². The zero-order chi connectivity index (χ0) is 17.4. The van der Waals surface area contributed by atoms with E-state index in [0.29, 0.717) is 11.1 Å². The molecular weight excluding hydrogens is 300 g/mol. The standard InChI is InChI=1S/C18H16N6/c19-9-13-1-5-15(6-2-13)18(24-12-23-17(22)11-21)16-7-3-14(10-20)4-8-16/h1-8,12,18H,11,21H2,(H2,22,23,24). The summed E-state index contributed by atoms with van der Waals surface area (Å²) >= 11 is 0. The lowest BCUT2D eigenvalue weighted by Gasteiger charge is -2.13. The van der Waals surface area contributed by atoms with Crippen LogP contribution < -0.4 is 11.5 Å². The Morgan fingerprint density at radius 1 is 0.958 bits per heavy atom. The first-order valence-corrected chi connectivity index (χ1v) is 7.22. The summed E-state index contributed by atoms with van der Waals surface area (Å²) in [6.07, 6.45) is 1.38. The van der Waals surface area contributed by atoms with Gasteiger partial charge in [-0.3, -0.25) is 4.99 Å². The maximum absolute atomic E-state index is 8.92. The molecule has 0 amide bonds. The summed E-state index contributed by atoms with van der Waals surface area (Å²) in [7, 11) is 0. The number of rotatable bonds is 5. The van der Waals surface area contributed by atoms with E-state index in [9.17, 15) is 0 Å². The van der Waals surface area contributed by atoms with Crippen molar-refractivity contribution < 1.29 is 0 Å². The topological polar surface area (TPSA) is 124 Å². The largest absolute Gasteiger partial charge is 0.386 e. The minimum atomic E-state index is -0.320. The summed E-state index contributed by atoms with van der Waals surface area (Å²) in [5, 5.41) is 17.8. The number of hydrogen-bond acceptors (Lipinski definition) is 4. The second-order valence-corrected chi connectivity index (χ2v) is 4.96. The average molecular weight is 316 g/mol. The van der Waals surface area contributed by atoms with Crippen molar-refractivity contribution >= 4 is 12.2 Å². The van der Waals surface area contributed by atoms with E-state index < -0.39 is 0 Å². The smallest absolute Gasteiger partial charge is 0.115 e. The molecular formula is C18H16N6. The third kappa shape index (κ3) is 4.26. The molecule has 0 heterocycles. The molecule has 6 heteroatoms. The van der Waals surface area contributed by atoms with Crippen LogP contribution in [0.15, 0.2) is 58.5 Å². The molecule has 0 unspecified atom stereocenters. The summed E-state index contributed by atoms with van der Waals surface area (Å²) in [6.45, 7) is 0.157. The Bertz CT molecular complexity index is 762. The van der Waals surface area contributed by atoms with Crippen molar-refractivity contribution in [2.75, 3.05) is 6.54 Å². The number of nitriles is 2. The maximum atomic E-state index is 8.92. The van der Waals surface area contributed by atoms with Crippen molar-refractivity contribution in [3.05, 3.63) is 70.8 Å². The van der Waals surface area contributed by atoms with E-state index in [2.05, 4.69) is 22.1 Å². The molecule has 24 heavy (non-hydrogen) atoms. The van der Waals surface area contributed by atoms with Crippen LogP contribution in [0.4, 0.5) is 0 Å². The molecule has 2 rings (SSSR count). The first-order chi connectivity index (χ1) is 11.7. The molecule has 0 radical (unpaired) electrons. The number of amidine groups is 1. The molecule has 0 aliphatic rings. The fraction of sp³-hybridized carbons (Fsp3) is 0.111. The molecule has 2 aromatic carbocycles. The third-order valence-corrected chi connectivity index (χ3v) is 3.36. The number of nitrogens with zero attached hydrogens (tertiary/aromatic N) is 4. The van der Waals surface area contributed by atoms with E-state index in [-0.39, 0.29) is 18.4 Å². The lowest BCUT2D eigenvalue weighted by Crippen LogP contribution is -2.22. The zero-order valence-electron chi connectivity index (χ0n) is 12.9. The number of hydrogen-bond donors (Lipinski definition) is 2. The maximum Gasteiger partial charge on any atom is 0.115 e. The first kappa shape index (κ1) is 16.9. The molecule has 4 N–H and O–H groups in total. The highest BCUT2D eigenvalue weighted by atomic mass is 14.9. The van der Waals surface area contributed by atoms with E-state index in [1.807, 2.05) is 24.3 Å². The third-order valence-electron chi connectivity index (χ3n) is 3.36. The van der Waals surface area contributed by atoms with Crippen LogP contribution in [-0.2, 0) is 0 Å². The molecule has 2 aromatic rings. The van der Waals surface area contributed by atoms with Crippen LogP contribution in [-0.4, -0.2) is 18.7 Å². The van der Waals surface area contributed by atoms with Crippen molar-refractivity contribution in [2.24, 2.45) is 21.5 Å². The van der Waals surface area contributed by atoms with Gasteiger partial charge in [0.15, 0.2) is 0 Å². The number of benzene rings is 2. The fourth-order valence-electron chi connectivity index (χ4n) is 2.07. The summed E-state index contributed by atoms with van der Waals surface area (Å²) in [5.74, 6) is 0.289. The van der Waals surface area contributed by atoms with Crippen molar-refractivity contribution in [1.82, 2.24) is 0 Å². The Morgan fingerprint density at radius 2 is 1.42 bits per heavy atom. The molecule has 118 valence electrons. The predicted molar refractivity (Wildman–Crippen MR) is 93.3 cm³/mol. The number of aliphatic imine (C=N–C) groups is 2. The fourth-order valence-corrected chi connectivity index (χ4v) is 2.07. The van der Waals surface area contributed by atoms with Crippen molar-refractivity contribution in [3.8, 4) is 12.1 Å². The Hall–Kier alpha value is -3.48. The average Bonchev–Trinajstić information content (AvgIpc) is 2.65. The van der Waals surface area contributed by atoms with E-state index >= 15 is 0 Å². The Kier molecular flexibility index (Phi) is 5.79. The van der Waals surface area contributed by atoms with Gasteiger partial charge in [0.25, 0.3) is 0 Å². The highest BCUT2D eigenvalue weighted by molar-refractivity contribution is 5.88. The summed E-state index contributed by atoms with van der Waals surface area (Å²) in [6, 6.07) is 18.2. The van der Waals surface area contributed by atoms with Gasteiger partial charge in [0.2, 0.25) is 0 Å².